The molecular weight excluding hydrogens is 338 g/mol. The fourth-order valence-corrected chi connectivity index (χ4v) is 5.02. The Labute approximate surface area is 150 Å². The van der Waals surface area contributed by atoms with Crippen LogP contribution in [0.25, 0.3) is 0 Å². The molecule has 6 nitrogen and oxygen atoms in total. The van der Waals surface area contributed by atoms with Crippen molar-refractivity contribution >= 4 is 15.9 Å². The summed E-state index contributed by atoms with van der Waals surface area (Å²) in [6.07, 6.45) is 2.27. The Bertz CT molecular complexity index is 685. The number of piperidine rings is 1. The molecule has 0 saturated carbocycles. The molecule has 1 amide bonds. The van der Waals surface area contributed by atoms with Gasteiger partial charge in [-0.15, -0.1) is 0 Å². The molecule has 0 aromatic heterocycles. The van der Waals surface area contributed by atoms with Crippen molar-refractivity contribution < 1.29 is 13.2 Å². The van der Waals surface area contributed by atoms with Crippen LogP contribution in [0, 0.1) is 5.92 Å². The van der Waals surface area contributed by atoms with Crippen LogP contribution in [0.15, 0.2) is 35.2 Å². The molecule has 0 aliphatic carbocycles. The monoisotopic (exact) mass is 365 g/mol. The zero-order chi connectivity index (χ0) is 17.9. The lowest BCUT2D eigenvalue weighted by atomic mass is 10.0. The number of carbonyl (C=O) groups excluding carboxylic acids is 1. The van der Waals surface area contributed by atoms with Crippen molar-refractivity contribution in [2.24, 2.45) is 5.92 Å². The number of rotatable bonds is 4. The SMILES string of the molecule is CC1CCCN(C(=O)CN2CCN(S(=O)(=O)c3ccccc3)CC2)C1. The molecular formula is C18H27N3O3S. The number of carbonyl (C=O) groups is 1. The molecule has 1 atom stereocenters. The van der Waals surface area contributed by atoms with Crippen molar-refractivity contribution in [3.63, 3.8) is 0 Å². The number of benzene rings is 1. The van der Waals surface area contributed by atoms with Gasteiger partial charge >= 0.3 is 0 Å². The number of sulfonamides is 1. The third kappa shape index (κ3) is 4.40. The van der Waals surface area contributed by atoms with Crippen LogP contribution in [0.1, 0.15) is 19.8 Å². The predicted molar refractivity (Wildman–Crippen MR) is 96.6 cm³/mol. The minimum Gasteiger partial charge on any atom is -0.341 e. The summed E-state index contributed by atoms with van der Waals surface area (Å²) in [5, 5.41) is 0. The molecule has 138 valence electrons. The van der Waals surface area contributed by atoms with Crippen molar-refractivity contribution in [1.29, 1.82) is 0 Å². The molecule has 3 rings (SSSR count). The maximum Gasteiger partial charge on any atom is 0.243 e. The van der Waals surface area contributed by atoms with E-state index in [9.17, 15) is 13.2 Å². The molecule has 7 heteroatoms. The van der Waals surface area contributed by atoms with E-state index in [1.807, 2.05) is 11.0 Å². The first-order chi connectivity index (χ1) is 12.0. The average Bonchev–Trinajstić information content (AvgIpc) is 2.63. The molecule has 2 fully saturated rings. The molecule has 2 aliphatic rings. The number of amides is 1. The van der Waals surface area contributed by atoms with Crippen LogP contribution < -0.4 is 0 Å². The molecule has 25 heavy (non-hydrogen) atoms. The van der Waals surface area contributed by atoms with Crippen LogP contribution in [0.2, 0.25) is 0 Å². The number of hydrogen-bond donors (Lipinski definition) is 0. The van der Waals surface area contributed by atoms with E-state index in [1.165, 1.54) is 10.7 Å². The van der Waals surface area contributed by atoms with Gasteiger partial charge in [0, 0.05) is 39.3 Å². The van der Waals surface area contributed by atoms with E-state index in [2.05, 4.69) is 11.8 Å². The number of nitrogens with zero attached hydrogens (tertiary/aromatic N) is 3. The van der Waals surface area contributed by atoms with Gasteiger partial charge in [0.2, 0.25) is 15.9 Å². The summed E-state index contributed by atoms with van der Waals surface area (Å²) in [5.74, 6) is 0.747. The topological polar surface area (TPSA) is 60.9 Å². The fourth-order valence-electron chi connectivity index (χ4n) is 3.58. The van der Waals surface area contributed by atoms with Gasteiger partial charge in [-0.25, -0.2) is 8.42 Å². The van der Waals surface area contributed by atoms with Gasteiger partial charge in [-0.1, -0.05) is 25.1 Å². The van der Waals surface area contributed by atoms with Crippen molar-refractivity contribution in [3.8, 4) is 0 Å². The minimum atomic E-state index is -3.43. The van der Waals surface area contributed by atoms with E-state index >= 15 is 0 Å². The maximum atomic E-state index is 12.6. The number of piperazine rings is 1. The second-order valence-electron chi connectivity index (χ2n) is 7.08. The number of hydrogen-bond acceptors (Lipinski definition) is 4. The highest BCUT2D eigenvalue weighted by Crippen LogP contribution is 2.18. The standard InChI is InChI=1S/C18H27N3O3S/c1-16-6-5-9-20(14-16)18(22)15-19-10-12-21(13-11-19)25(23,24)17-7-3-2-4-8-17/h2-4,7-8,16H,5-6,9-15H2,1H3. The first-order valence-electron chi connectivity index (χ1n) is 9.02. The normalized spacial score (nSPS) is 23.6. The zero-order valence-corrected chi connectivity index (χ0v) is 15.6. The highest BCUT2D eigenvalue weighted by molar-refractivity contribution is 7.89. The Hall–Kier alpha value is -1.44. The second kappa shape index (κ2) is 7.85. The van der Waals surface area contributed by atoms with Crippen molar-refractivity contribution in [2.75, 3.05) is 45.8 Å². The van der Waals surface area contributed by atoms with Gasteiger partial charge in [-0.2, -0.15) is 4.31 Å². The quantitative estimate of drug-likeness (QED) is 0.806. The van der Waals surface area contributed by atoms with E-state index in [0.29, 0.717) is 43.5 Å². The summed E-state index contributed by atoms with van der Waals surface area (Å²) >= 11 is 0. The smallest absolute Gasteiger partial charge is 0.243 e. The summed E-state index contributed by atoms with van der Waals surface area (Å²) in [6, 6.07) is 8.54. The lowest BCUT2D eigenvalue weighted by Crippen LogP contribution is -2.52. The summed E-state index contributed by atoms with van der Waals surface area (Å²) in [7, 11) is -3.43. The van der Waals surface area contributed by atoms with Crippen LogP contribution in [-0.4, -0.2) is 74.2 Å². The van der Waals surface area contributed by atoms with Crippen LogP contribution >= 0.6 is 0 Å². The van der Waals surface area contributed by atoms with Crippen LogP contribution in [0.4, 0.5) is 0 Å². The Morgan fingerprint density at radius 2 is 1.76 bits per heavy atom. The lowest BCUT2D eigenvalue weighted by molar-refractivity contribution is -0.134. The van der Waals surface area contributed by atoms with Gasteiger partial charge in [0.15, 0.2) is 0 Å². The molecule has 2 saturated heterocycles. The summed E-state index contributed by atoms with van der Waals surface area (Å²) in [4.78, 5) is 16.8. The Kier molecular flexibility index (Phi) is 5.76. The zero-order valence-electron chi connectivity index (χ0n) is 14.8. The van der Waals surface area contributed by atoms with Crippen LogP contribution in [0.5, 0.6) is 0 Å². The van der Waals surface area contributed by atoms with E-state index in [0.717, 1.165) is 19.5 Å². The molecule has 1 aromatic rings. The largest absolute Gasteiger partial charge is 0.341 e. The third-order valence-electron chi connectivity index (χ3n) is 5.08. The molecule has 2 aliphatic heterocycles. The molecule has 2 heterocycles. The Morgan fingerprint density at radius 3 is 2.40 bits per heavy atom. The van der Waals surface area contributed by atoms with E-state index in [-0.39, 0.29) is 5.91 Å². The average molecular weight is 365 g/mol. The van der Waals surface area contributed by atoms with Crippen molar-refractivity contribution in [1.82, 2.24) is 14.1 Å². The summed E-state index contributed by atoms with van der Waals surface area (Å²) in [5.41, 5.74) is 0. The van der Waals surface area contributed by atoms with Crippen molar-refractivity contribution in [2.45, 2.75) is 24.7 Å². The van der Waals surface area contributed by atoms with Gasteiger partial charge in [0.05, 0.1) is 11.4 Å². The van der Waals surface area contributed by atoms with Crippen molar-refractivity contribution in [3.05, 3.63) is 30.3 Å². The molecule has 1 aromatic carbocycles. The van der Waals surface area contributed by atoms with Gasteiger partial charge in [-0.05, 0) is 30.9 Å². The molecule has 0 bridgehead atoms. The lowest BCUT2D eigenvalue weighted by Gasteiger charge is -2.36. The highest BCUT2D eigenvalue weighted by Gasteiger charge is 2.30. The highest BCUT2D eigenvalue weighted by atomic mass is 32.2. The third-order valence-corrected chi connectivity index (χ3v) is 6.99. The Morgan fingerprint density at radius 1 is 1.08 bits per heavy atom. The summed E-state index contributed by atoms with van der Waals surface area (Å²) < 4.78 is 26.8. The molecule has 0 radical (unpaired) electrons. The number of likely N-dealkylation sites (tertiary alicyclic amines) is 1. The predicted octanol–water partition coefficient (Wildman–Crippen LogP) is 1.25. The Balaban J connectivity index is 1.53. The summed E-state index contributed by atoms with van der Waals surface area (Å²) in [6.45, 7) is 6.34. The fraction of sp³-hybridized carbons (Fsp3) is 0.611. The van der Waals surface area contributed by atoms with Gasteiger partial charge in [0.25, 0.3) is 0 Å². The first-order valence-corrected chi connectivity index (χ1v) is 10.5. The maximum absolute atomic E-state index is 12.6. The first kappa shape index (κ1) is 18.4. The van der Waals surface area contributed by atoms with Crippen LogP contribution in [0.3, 0.4) is 0 Å². The van der Waals surface area contributed by atoms with E-state index < -0.39 is 10.0 Å². The van der Waals surface area contributed by atoms with E-state index in [1.54, 1.807) is 24.3 Å². The van der Waals surface area contributed by atoms with Gasteiger partial charge in [-0.3, -0.25) is 9.69 Å². The van der Waals surface area contributed by atoms with E-state index in [4.69, 9.17) is 0 Å². The second-order valence-corrected chi connectivity index (χ2v) is 9.02. The van der Waals surface area contributed by atoms with Gasteiger partial charge < -0.3 is 4.90 Å². The van der Waals surface area contributed by atoms with Crippen LogP contribution in [-0.2, 0) is 14.8 Å². The molecule has 0 spiro atoms. The molecule has 0 N–H and O–H groups in total. The van der Waals surface area contributed by atoms with Gasteiger partial charge in [0.1, 0.15) is 0 Å². The molecule has 1 unspecified atom stereocenters. The minimum absolute atomic E-state index is 0.172.